The molecule has 0 heterocycles. The molecule has 0 bridgehead atoms. The Balaban J connectivity index is 2.09. The van der Waals surface area contributed by atoms with E-state index in [-0.39, 0.29) is 0 Å². The molecule has 1 aromatic rings. The van der Waals surface area contributed by atoms with Gasteiger partial charge in [-0.3, -0.25) is 4.79 Å². The Labute approximate surface area is 108 Å². The van der Waals surface area contributed by atoms with E-state index in [4.69, 9.17) is 9.47 Å². The van der Waals surface area contributed by atoms with Gasteiger partial charge in [0, 0.05) is 12.8 Å². The van der Waals surface area contributed by atoms with Crippen molar-refractivity contribution in [1.82, 2.24) is 0 Å². The molecule has 1 fully saturated rings. The molecule has 0 unspecified atom stereocenters. The third-order valence-corrected chi connectivity index (χ3v) is 3.66. The Bertz CT molecular complexity index is 416. The van der Waals surface area contributed by atoms with Gasteiger partial charge >= 0.3 is 0 Å². The minimum absolute atomic E-state index is 0.406. The first kappa shape index (κ1) is 12.9. The lowest BCUT2D eigenvalue weighted by molar-refractivity contribution is -0.121. The lowest BCUT2D eigenvalue weighted by Gasteiger charge is -2.22. The van der Waals surface area contributed by atoms with Crippen LogP contribution in [0.4, 0.5) is 0 Å². The monoisotopic (exact) mass is 248 g/mol. The molecule has 3 heteroatoms. The molecule has 18 heavy (non-hydrogen) atoms. The molecule has 98 valence electrons. The van der Waals surface area contributed by atoms with Gasteiger partial charge in [-0.25, -0.2) is 0 Å². The van der Waals surface area contributed by atoms with Crippen LogP contribution in [0.25, 0.3) is 0 Å². The van der Waals surface area contributed by atoms with E-state index in [1.54, 1.807) is 14.2 Å². The highest BCUT2D eigenvalue weighted by molar-refractivity contribution is 5.79. The van der Waals surface area contributed by atoms with E-state index in [0.29, 0.717) is 11.7 Å². The van der Waals surface area contributed by atoms with Gasteiger partial charge < -0.3 is 9.47 Å². The van der Waals surface area contributed by atoms with Crippen molar-refractivity contribution in [2.45, 2.75) is 32.1 Å². The number of hydrogen-bond donors (Lipinski definition) is 0. The summed E-state index contributed by atoms with van der Waals surface area (Å²) >= 11 is 0. The molecule has 2 rings (SSSR count). The van der Waals surface area contributed by atoms with Gasteiger partial charge in [0.25, 0.3) is 0 Å². The van der Waals surface area contributed by atoms with Gasteiger partial charge in [0.2, 0.25) is 0 Å². The first-order valence-electron chi connectivity index (χ1n) is 6.45. The SMILES string of the molecule is COc1ccc(OC)c(CC2CCC(=O)CC2)c1. The fraction of sp³-hybridized carbons (Fsp3) is 0.533. The van der Waals surface area contributed by atoms with Crippen molar-refractivity contribution in [2.75, 3.05) is 14.2 Å². The summed E-state index contributed by atoms with van der Waals surface area (Å²) in [5.41, 5.74) is 1.18. The van der Waals surface area contributed by atoms with Crippen molar-refractivity contribution >= 4 is 5.78 Å². The quantitative estimate of drug-likeness (QED) is 0.821. The van der Waals surface area contributed by atoms with Crippen molar-refractivity contribution in [1.29, 1.82) is 0 Å². The van der Waals surface area contributed by atoms with E-state index in [2.05, 4.69) is 0 Å². The molecule has 1 aromatic carbocycles. The second-order valence-electron chi connectivity index (χ2n) is 4.86. The zero-order valence-corrected chi connectivity index (χ0v) is 11.1. The largest absolute Gasteiger partial charge is 0.497 e. The van der Waals surface area contributed by atoms with Crippen LogP contribution in [-0.4, -0.2) is 20.0 Å². The highest BCUT2D eigenvalue weighted by Crippen LogP contribution is 2.31. The zero-order valence-electron chi connectivity index (χ0n) is 11.1. The average molecular weight is 248 g/mol. The molecule has 1 aliphatic carbocycles. The molecule has 1 saturated carbocycles. The van der Waals surface area contributed by atoms with Gasteiger partial charge in [-0.15, -0.1) is 0 Å². The first-order valence-corrected chi connectivity index (χ1v) is 6.45. The molecule has 0 radical (unpaired) electrons. The van der Waals surface area contributed by atoms with E-state index in [9.17, 15) is 4.79 Å². The maximum atomic E-state index is 11.2. The fourth-order valence-electron chi connectivity index (χ4n) is 2.56. The molecule has 3 nitrogen and oxygen atoms in total. The standard InChI is InChI=1S/C15H20O3/c1-17-14-7-8-15(18-2)12(10-14)9-11-3-5-13(16)6-4-11/h7-8,10-11H,3-6,9H2,1-2H3. The number of ketones is 1. The second kappa shape index (κ2) is 5.89. The number of ether oxygens (including phenoxy) is 2. The van der Waals surface area contributed by atoms with Gasteiger partial charge in [0.15, 0.2) is 0 Å². The van der Waals surface area contributed by atoms with Crippen molar-refractivity contribution < 1.29 is 14.3 Å². The molecular formula is C15H20O3. The van der Waals surface area contributed by atoms with Crippen LogP contribution >= 0.6 is 0 Å². The number of Topliss-reactive ketones (excluding diaryl/α,β-unsaturated/α-hetero) is 1. The highest BCUT2D eigenvalue weighted by Gasteiger charge is 2.20. The Morgan fingerprint density at radius 1 is 1.17 bits per heavy atom. The lowest BCUT2D eigenvalue weighted by atomic mass is 9.84. The van der Waals surface area contributed by atoms with Gasteiger partial charge in [-0.1, -0.05) is 0 Å². The van der Waals surface area contributed by atoms with E-state index < -0.39 is 0 Å². The number of hydrogen-bond acceptors (Lipinski definition) is 3. The number of benzene rings is 1. The average Bonchev–Trinajstić information content (AvgIpc) is 2.41. The highest BCUT2D eigenvalue weighted by atomic mass is 16.5. The molecule has 0 aliphatic heterocycles. The van der Waals surface area contributed by atoms with E-state index in [1.165, 1.54) is 5.56 Å². The van der Waals surface area contributed by atoms with Crippen LogP contribution in [0.5, 0.6) is 11.5 Å². The van der Waals surface area contributed by atoms with Crippen LogP contribution in [0.3, 0.4) is 0 Å². The van der Waals surface area contributed by atoms with Gasteiger partial charge in [0.05, 0.1) is 14.2 Å². The Kier molecular flexibility index (Phi) is 4.24. The normalized spacial score (nSPS) is 16.7. The van der Waals surface area contributed by atoms with Crippen molar-refractivity contribution in [2.24, 2.45) is 5.92 Å². The Morgan fingerprint density at radius 3 is 2.50 bits per heavy atom. The summed E-state index contributed by atoms with van der Waals surface area (Å²) in [4.78, 5) is 11.2. The van der Waals surface area contributed by atoms with Crippen LogP contribution in [0.2, 0.25) is 0 Å². The van der Waals surface area contributed by atoms with E-state index >= 15 is 0 Å². The van der Waals surface area contributed by atoms with Crippen LogP contribution in [0, 0.1) is 5.92 Å². The summed E-state index contributed by atoms with van der Waals surface area (Å²) in [6.07, 6.45) is 4.43. The topological polar surface area (TPSA) is 35.5 Å². The molecule has 0 N–H and O–H groups in total. The summed E-state index contributed by atoms with van der Waals surface area (Å²) in [5.74, 6) is 2.76. The zero-order chi connectivity index (χ0) is 13.0. The third kappa shape index (κ3) is 3.03. The van der Waals surface area contributed by atoms with Gasteiger partial charge in [-0.2, -0.15) is 0 Å². The summed E-state index contributed by atoms with van der Waals surface area (Å²) in [7, 11) is 3.36. The Morgan fingerprint density at radius 2 is 1.89 bits per heavy atom. The molecule has 1 aliphatic rings. The summed E-state index contributed by atoms with van der Waals surface area (Å²) in [5, 5.41) is 0. The maximum absolute atomic E-state index is 11.2. The molecule has 0 saturated heterocycles. The predicted octanol–water partition coefficient (Wildman–Crippen LogP) is 3.01. The van der Waals surface area contributed by atoms with Crippen LogP contribution in [0.1, 0.15) is 31.2 Å². The maximum Gasteiger partial charge on any atom is 0.132 e. The van der Waals surface area contributed by atoms with Crippen LogP contribution < -0.4 is 9.47 Å². The smallest absolute Gasteiger partial charge is 0.132 e. The van der Waals surface area contributed by atoms with E-state index in [1.807, 2.05) is 18.2 Å². The second-order valence-corrected chi connectivity index (χ2v) is 4.86. The van der Waals surface area contributed by atoms with Crippen molar-refractivity contribution in [3.63, 3.8) is 0 Å². The van der Waals surface area contributed by atoms with Crippen LogP contribution in [-0.2, 0) is 11.2 Å². The first-order chi connectivity index (χ1) is 8.72. The number of methoxy groups -OCH3 is 2. The van der Waals surface area contributed by atoms with Gasteiger partial charge in [-0.05, 0) is 48.9 Å². The molecular weight excluding hydrogens is 228 g/mol. The van der Waals surface area contributed by atoms with E-state index in [0.717, 1.165) is 43.6 Å². The summed E-state index contributed by atoms with van der Waals surface area (Å²) < 4.78 is 10.6. The number of rotatable bonds is 4. The summed E-state index contributed by atoms with van der Waals surface area (Å²) in [6, 6.07) is 5.89. The fourth-order valence-corrected chi connectivity index (χ4v) is 2.56. The predicted molar refractivity (Wildman–Crippen MR) is 70.2 cm³/mol. The Hall–Kier alpha value is -1.51. The molecule has 0 spiro atoms. The minimum Gasteiger partial charge on any atom is -0.497 e. The van der Waals surface area contributed by atoms with Crippen molar-refractivity contribution in [3.05, 3.63) is 23.8 Å². The third-order valence-electron chi connectivity index (χ3n) is 3.66. The number of carbonyl (C=O) groups is 1. The van der Waals surface area contributed by atoms with Crippen LogP contribution in [0.15, 0.2) is 18.2 Å². The van der Waals surface area contributed by atoms with Gasteiger partial charge in [0.1, 0.15) is 17.3 Å². The van der Waals surface area contributed by atoms with Crippen molar-refractivity contribution in [3.8, 4) is 11.5 Å². The number of carbonyl (C=O) groups excluding carboxylic acids is 1. The molecule has 0 amide bonds. The lowest BCUT2D eigenvalue weighted by Crippen LogP contribution is -2.16. The minimum atomic E-state index is 0.406. The molecule has 0 atom stereocenters. The summed E-state index contributed by atoms with van der Waals surface area (Å²) in [6.45, 7) is 0. The molecule has 0 aromatic heterocycles.